The number of likely N-dealkylation sites (N-methyl/N-ethyl adjacent to an activating group) is 1. The standard InChI is InChI=1S/C14H22N6/c1-3-19(10-13-6-4-5-12(2)16-13)7-8-20-11-14(9-15)17-18-20/h4-6,11H,3,7-10,15H2,1-2H3. The SMILES string of the molecule is CCN(CCn1cc(CN)nn1)Cc1cccc(C)n1. The van der Waals surface area contributed by atoms with E-state index in [1.807, 2.05) is 23.9 Å². The van der Waals surface area contributed by atoms with Gasteiger partial charge in [0.2, 0.25) is 0 Å². The number of hydrogen-bond acceptors (Lipinski definition) is 5. The number of pyridine rings is 1. The average molecular weight is 274 g/mol. The van der Waals surface area contributed by atoms with E-state index in [0.29, 0.717) is 6.54 Å². The van der Waals surface area contributed by atoms with Gasteiger partial charge in [-0.3, -0.25) is 14.6 Å². The highest BCUT2D eigenvalue weighted by Gasteiger charge is 2.06. The van der Waals surface area contributed by atoms with E-state index in [9.17, 15) is 0 Å². The lowest BCUT2D eigenvalue weighted by atomic mass is 10.3. The molecular formula is C14H22N6. The van der Waals surface area contributed by atoms with Crippen molar-refractivity contribution >= 4 is 0 Å². The van der Waals surface area contributed by atoms with Gasteiger partial charge in [-0.05, 0) is 25.6 Å². The van der Waals surface area contributed by atoms with E-state index in [1.54, 1.807) is 0 Å². The van der Waals surface area contributed by atoms with Crippen LogP contribution in [0.2, 0.25) is 0 Å². The van der Waals surface area contributed by atoms with Gasteiger partial charge in [0.25, 0.3) is 0 Å². The molecule has 6 heteroatoms. The second-order valence-corrected chi connectivity index (χ2v) is 4.82. The third-order valence-corrected chi connectivity index (χ3v) is 3.22. The van der Waals surface area contributed by atoms with Gasteiger partial charge in [0.15, 0.2) is 0 Å². The maximum atomic E-state index is 5.53. The Bertz CT molecular complexity index is 536. The monoisotopic (exact) mass is 274 g/mol. The Hall–Kier alpha value is -1.79. The average Bonchev–Trinajstić information content (AvgIpc) is 2.91. The number of rotatable bonds is 7. The van der Waals surface area contributed by atoms with E-state index in [2.05, 4.69) is 39.3 Å². The highest BCUT2D eigenvalue weighted by atomic mass is 15.4. The van der Waals surface area contributed by atoms with Crippen molar-refractivity contribution in [2.45, 2.75) is 33.5 Å². The number of nitrogens with zero attached hydrogens (tertiary/aromatic N) is 5. The molecule has 2 rings (SSSR count). The van der Waals surface area contributed by atoms with Crippen LogP contribution in [0.5, 0.6) is 0 Å². The number of hydrogen-bond donors (Lipinski definition) is 1. The Kier molecular flexibility index (Phi) is 5.20. The Balaban J connectivity index is 1.89. The first-order valence-corrected chi connectivity index (χ1v) is 6.95. The summed E-state index contributed by atoms with van der Waals surface area (Å²) in [6.45, 7) is 8.17. The summed E-state index contributed by atoms with van der Waals surface area (Å²) in [5.41, 5.74) is 8.52. The largest absolute Gasteiger partial charge is 0.325 e. The van der Waals surface area contributed by atoms with Crippen LogP contribution in [0.25, 0.3) is 0 Å². The fraction of sp³-hybridized carbons (Fsp3) is 0.500. The second-order valence-electron chi connectivity index (χ2n) is 4.82. The molecule has 0 atom stereocenters. The lowest BCUT2D eigenvalue weighted by Gasteiger charge is -2.19. The van der Waals surface area contributed by atoms with Crippen molar-refractivity contribution < 1.29 is 0 Å². The van der Waals surface area contributed by atoms with Gasteiger partial charge < -0.3 is 5.73 Å². The van der Waals surface area contributed by atoms with E-state index in [1.165, 1.54) is 0 Å². The first-order valence-electron chi connectivity index (χ1n) is 6.95. The van der Waals surface area contributed by atoms with Crippen molar-refractivity contribution in [2.75, 3.05) is 13.1 Å². The van der Waals surface area contributed by atoms with Crippen LogP contribution >= 0.6 is 0 Å². The minimum atomic E-state index is 0.435. The van der Waals surface area contributed by atoms with E-state index in [-0.39, 0.29) is 0 Å². The number of aromatic nitrogens is 4. The van der Waals surface area contributed by atoms with Gasteiger partial charge >= 0.3 is 0 Å². The van der Waals surface area contributed by atoms with Crippen LogP contribution in [-0.2, 0) is 19.6 Å². The summed E-state index contributed by atoms with van der Waals surface area (Å²) in [5.74, 6) is 0. The highest BCUT2D eigenvalue weighted by Crippen LogP contribution is 2.03. The van der Waals surface area contributed by atoms with Crippen molar-refractivity contribution in [2.24, 2.45) is 5.73 Å². The van der Waals surface area contributed by atoms with Gasteiger partial charge in [0.05, 0.1) is 17.9 Å². The molecule has 0 amide bonds. The van der Waals surface area contributed by atoms with Crippen molar-refractivity contribution in [3.8, 4) is 0 Å². The van der Waals surface area contributed by atoms with Crippen LogP contribution in [0.15, 0.2) is 24.4 Å². The second kappa shape index (κ2) is 7.12. The van der Waals surface area contributed by atoms with Crippen LogP contribution in [0.3, 0.4) is 0 Å². The summed E-state index contributed by atoms with van der Waals surface area (Å²) in [6.07, 6.45) is 1.90. The zero-order chi connectivity index (χ0) is 14.4. The summed E-state index contributed by atoms with van der Waals surface area (Å²) in [4.78, 5) is 6.88. The van der Waals surface area contributed by atoms with E-state index < -0.39 is 0 Å². The molecule has 0 saturated carbocycles. The van der Waals surface area contributed by atoms with Gasteiger partial charge in [-0.25, -0.2) is 0 Å². The molecule has 0 aliphatic carbocycles. The fourth-order valence-corrected chi connectivity index (χ4v) is 2.05. The molecule has 0 aliphatic rings. The molecule has 6 nitrogen and oxygen atoms in total. The molecular weight excluding hydrogens is 252 g/mol. The molecule has 108 valence electrons. The summed E-state index contributed by atoms with van der Waals surface area (Å²) in [6, 6.07) is 6.14. The molecule has 0 saturated heterocycles. The van der Waals surface area contributed by atoms with Crippen molar-refractivity contribution in [1.82, 2.24) is 24.9 Å². The van der Waals surface area contributed by atoms with Crippen LogP contribution < -0.4 is 5.73 Å². The summed E-state index contributed by atoms with van der Waals surface area (Å²) >= 11 is 0. The molecule has 2 aromatic heterocycles. The van der Waals surface area contributed by atoms with Gasteiger partial charge in [0.1, 0.15) is 0 Å². The third-order valence-electron chi connectivity index (χ3n) is 3.22. The smallest absolute Gasteiger partial charge is 0.0962 e. The zero-order valence-corrected chi connectivity index (χ0v) is 12.2. The molecule has 0 spiro atoms. The minimum absolute atomic E-state index is 0.435. The van der Waals surface area contributed by atoms with Crippen molar-refractivity contribution in [3.05, 3.63) is 41.5 Å². The third kappa shape index (κ3) is 4.11. The zero-order valence-electron chi connectivity index (χ0n) is 12.2. The predicted octanol–water partition coefficient (Wildman–Crippen LogP) is 0.962. The molecule has 0 fully saturated rings. The Morgan fingerprint density at radius 2 is 2.15 bits per heavy atom. The first-order chi connectivity index (χ1) is 9.71. The van der Waals surface area contributed by atoms with Crippen molar-refractivity contribution in [3.63, 3.8) is 0 Å². The van der Waals surface area contributed by atoms with Crippen LogP contribution in [-0.4, -0.2) is 38.0 Å². The van der Waals surface area contributed by atoms with Gasteiger partial charge in [-0.2, -0.15) is 0 Å². The highest BCUT2D eigenvalue weighted by molar-refractivity contribution is 5.09. The molecule has 0 bridgehead atoms. The molecule has 2 aromatic rings. The topological polar surface area (TPSA) is 72.9 Å². The van der Waals surface area contributed by atoms with Gasteiger partial charge in [-0.15, -0.1) is 5.10 Å². The van der Waals surface area contributed by atoms with E-state index in [4.69, 9.17) is 5.73 Å². The molecule has 2 heterocycles. The fourth-order valence-electron chi connectivity index (χ4n) is 2.05. The maximum Gasteiger partial charge on any atom is 0.0962 e. The number of nitrogens with two attached hydrogens (primary N) is 1. The van der Waals surface area contributed by atoms with Crippen LogP contribution in [0.1, 0.15) is 24.0 Å². The molecule has 2 N–H and O–H groups in total. The summed E-state index contributed by atoms with van der Waals surface area (Å²) in [7, 11) is 0. The van der Waals surface area contributed by atoms with E-state index in [0.717, 1.165) is 43.3 Å². The van der Waals surface area contributed by atoms with Gasteiger partial charge in [0, 0.05) is 31.5 Å². The first kappa shape index (κ1) is 14.6. The molecule has 20 heavy (non-hydrogen) atoms. The Morgan fingerprint density at radius 3 is 2.80 bits per heavy atom. The molecule has 0 radical (unpaired) electrons. The Labute approximate surface area is 119 Å². The van der Waals surface area contributed by atoms with E-state index >= 15 is 0 Å². The Morgan fingerprint density at radius 1 is 1.30 bits per heavy atom. The summed E-state index contributed by atoms with van der Waals surface area (Å²) in [5, 5.41) is 8.05. The van der Waals surface area contributed by atoms with Crippen LogP contribution in [0, 0.1) is 6.92 Å². The molecule has 0 unspecified atom stereocenters. The van der Waals surface area contributed by atoms with Crippen molar-refractivity contribution in [1.29, 1.82) is 0 Å². The normalized spacial score (nSPS) is 11.2. The van der Waals surface area contributed by atoms with Crippen LogP contribution in [0.4, 0.5) is 0 Å². The lowest BCUT2D eigenvalue weighted by Crippen LogP contribution is -2.27. The lowest BCUT2D eigenvalue weighted by molar-refractivity contribution is 0.259. The quantitative estimate of drug-likeness (QED) is 0.814. The number of aryl methyl sites for hydroxylation is 1. The summed E-state index contributed by atoms with van der Waals surface area (Å²) < 4.78 is 1.84. The maximum absolute atomic E-state index is 5.53. The molecule has 0 aliphatic heterocycles. The predicted molar refractivity (Wildman–Crippen MR) is 77.8 cm³/mol. The molecule has 0 aromatic carbocycles. The van der Waals surface area contributed by atoms with Gasteiger partial charge in [-0.1, -0.05) is 18.2 Å². The minimum Gasteiger partial charge on any atom is -0.325 e.